The first-order valence-electron chi connectivity index (χ1n) is 5.17. The third-order valence-electron chi connectivity index (χ3n) is 2.99. The molecule has 0 amide bonds. The van der Waals surface area contributed by atoms with Crippen LogP contribution >= 0.6 is 0 Å². The van der Waals surface area contributed by atoms with Crippen molar-refractivity contribution in [2.45, 2.75) is 39.8 Å². The molecule has 2 nitrogen and oxygen atoms in total. The number of nitrogens with zero attached hydrogens (tertiary/aromatic N) is 2. The summed E-state index contributed by atoms with van der Waals surface area (Å²) in [5.74, 6) is 0. The molecule has 0 aromatic carbocycles. The summed E-state index contributed by atoms with van der Waals surface area (Å²) < 4.78 is 0. The molecule has 1 heterocycles. The van der Waals surface area contributed by atoms with Crippen molar-refractivity contribution in [2.75, 3.05) is 26.2 Å². The molecule has 0 saturated carbocycles. The lowest BCUT2D eigenvalue weighted by molar-refractivity contribution is 0.0462. The van der Waals surface area contributed by atoms with E-state index >= 15 is 0 Å². The fourth-order valence-electron chi connectivity index (χ4n) is 2.35. The molecule has 2 heteroatoms. The zero-order valence-electron chi connectivity index (χ0n) is 8.88. The fraction of sp³-hybridized carbons (Fsp3) is 1.00. The molecule has 72 valence electrons. The minimum absolute atomic E-state index is 0.735. The topological polar surface area (TPSA) is 6.48 Å². The fourth-order valence-corrected chi connectivity index (χ4v) is 2.35. The lowest BCUT2D eigenvalue weighted by Gasteiger charge is -2.43. The Balaban J connectivity index is 2.51. The maximum atomic E-state index is 2.59. The molecular weight excluding hydrogens is 148 g/mol. The van der Waals surface area contributed by atoms with Gasteiger partial charge in [-0.1, -0.05) is 13.8 Å². The van der Waals surface area contributed by atoms with E-state index in [1.54, 1.807) is 0 Å². The second-order valence-electron chi connectivity index (χ2n) is 3.88. The molecule has 0 aromatic heterocycles. The molecule has 2 unspecified atom stereocenters. The zero-order valence-corrected chi connectivity index (χ0v) is 8.88. The predicted molar refractivity (Wildman–Crippen MR) is 53.4 cm³/mol. The minimum atomic E-state index is 0.735. The van der Waals surface area contributed by atoms with Crippen LogP contribution in [0.25, 0.3) is 0 Å². The van der Waals surface area contributed by atoms with E-state index in [4.69, 9.17) is 0 Å². The van der Waals surface area contributed by atoms with Gasteiger partial charge in [0.1, 0.15) is 0 Å². The molecule has 0 aliphatic carbocycles. The molecule has 1 rings (SSSR count). The third-order valence-corrected chi connectivity index (χ3v) is 2.99. The zero-order chi connectivity index (χ0) is 9.14. The molecule has 0 radical (unpaired) electrons. The number of hydrogen-bond acceptors (Lipinski definition) is 2. The van der Waals surface area contributed by atoms with E-state index in [-0.39, 0.29) is 0 Å². The lowest BCUT2D eigenvalue weighted by atomic mass is 10.1. The molecule has 1 fully saturated rings. The van der Waals surface area contributed by atoms with Gasteiger partial charge in [0, 0.05) is 25.2 Å². The largest absolute Gasteiger partial charge is 0.301 e. The van der Waals surface area contributed by atoms with Gasteiger partial charge in [0.15, 0.2) is 0 Å². The van der Waals surface area contributed by atoms with E-state index in [1.165, 1.54) is 26.2 Å². The Kier molecular flexibility index (Phi) is 3.53. The minimum Gasteiger partial charge on any atom is -0.301 e. The summed E-state index contributed by atoms with van der Waals surface area (Å²) in [6.45, 7) is 14.1. The average Bonchev–Trinajstić information content (AvgIpc) is 2.03. The maximum absolute atomic E-state index is 2.59. The summed E-state index contributed by atoms with van der Waals surface area (Å²) in [5.41, 5.74) is 0. The van der Waals surface area contributed by atoms with Crippen molar-refractivity contribution < 1.29 is 0 Å². The summed E-state index contributed by atoms with van der Waals surface area (Å²) in [5, 5.41) is 0. The van der Waals surface area contributed by atoms with Crippen molar-refractivity contribution in [1.29, 1.82) is 0 Å². The Morgan fingerprint density at radius 2 is 1.50 bits per heavy atom. The van der Waals surface area contributed by atoms with Crippen molar-refractivity contribution in [2.24, 2.45) is 0 Å². The van der Waals surface area contributed by atoms with Crippen molar-refractivity contribution in [3.05, 3.63) is 0 Å². The normalized spacial score (nSPS) is 34.0. The predicted octanol–water partition coefficient (Wildman–Crippen LogP) is 1.42. The van der Waals surface area contributed by atoms with E-state index in [2.05, 4.69) is 37.5 Å². The van der Waals surface area contributed by atoms with E-state index in [0.29, 0.717) is 0 Å². The summed E-state index contributed by atoms with van der Waals surface area (Å²) in [6, 6.07) is 1.47. The summed E-state index contributed by atoms with van der Waals surface area (Å²) in [7, 11) is 0. The van der Waals surface area contributed by atoms with Gasteiger partial charge in [-0.3, -0.25) is 4.90 Å². The standard InChI is InChI=1S/C10H22N2/c1-5-11-7-9(3)12(6-2)10(4)8-11/h9-10H,5-8H2,1-4H3. The van der Waals surface area contributed by atoms with Gasteiger partial charge in [0.05, 0.1) is 0 Å². The Morgan fingerprint density at radius 3 is 1.83 bits per heavy atom. The van der Waals surface area contributed by atoms with Crippen LogP contribution in [0.3, 0.4) is 0 Å². The highest BCUT2D eigenvalue weighted by atomic mass is 15.3. The van der Waals surface area contributed by atoms with Crippen LogP contribution in [0.1, 0.15) is 27.7 Å². The number of likely N-dealkylation sites (N-methyl/N-ethyl adjacent to an activating group) is 2. The van der Waals surface area contributed by atoms with Crippen LogP contribution in [-0.2, 0) is 0 Å². The highest BCUT2D eigenvalue weighted by Gasteiger charge is 2.26. The second-order valence-corrected chi connectivity index (χ2v) is 3.88. The summed E-state index contributed by atoms with van der Waals surface area (Å²) in [4.78, 5) is 5.13. The molecule has 1 aliphatic rings. The first kappa shape index (κ1) is 10.0. The highest BCUT2D eigenvalue weighted by Crippen LogP contribution is 2.14. The highest BCUT2D eigenvalue weighted by molar-refractivity contribution is 4.83. The number of rotatable bonds is 2. The van der Waals surface area contributed by atoms with Crippen LogP contribution in [-0.4, -0.2) is 48.1 Å². The third kappa shape index (κ3) is 1.99. The van der Waals surface area contributed by atoms with Gasteiger partial charge in [-0.25, -0.2) is 0 Å². The van der Waals surface area contributed by atoms with E-state index in [1.807, 2.05) is 0 Å². The van der Waals surface area contributed by atoms with Crippen molar-refractivity contribution >= 4 is 0 Å². The molecule has 2 atom stereocenters. The molecule has 0 N–H and O–H groups in total. The molecule has 0 bridgehead atoms. The smallest absolute Gasteiger partial charge is 0.0198 e. The Hall–Kier alpha value is -0.0800. The summed E-state index contributed by atoms with van der Waals surface area (Å²) >= 11 is 0. The Labute approximate surface area is 76.5 Å². The first-order valence-corrected chi connectivity index (χ1v) is 5.17. The van der Waals surface area contributed by atoms with E-state index < -0.39 is 0 Å². The van der Waals surface area contributed by atoms with Crippen LogP contribution in [0.5, 0.6) is 0 Å². The van der Waals surface area contributed by atoms with Gasteiger partial charge >= 0.3 is 0 Å². The van der Waals surface area contributed by atoms with E-state index in [0.717, 1.165) is 12.1 Å². The molecule has 1 saturated heterocycles. The van der Waals surface area contributed by atoms with Gasteiger partial charge in [-0.15, -0.1) is 0 Å². The lowest BCUT2D eigenvalue weighted by Crippen LogP contribution is -2.56. The average molecular weight is 170 g/mol. The SMILES string of the molecule is CCN1CC(C)N(CC)C(C)C1. The number of piperazine rings is 1. The van der Waals surface area contributed by atoms with Crippen molar-refractivity contribution in [3.63, 3.8) is 0 Å². The van der Waals surface area contributed by atoms with Crippen LogP contribution < -0.4 is 0 Å². The van der Waals surface area contributed by atoms with Gasteiger partial charge in [-0.05, 0) is 26.9 Å². The quantitative estimate of drug-likeness (QED) is 0.618. The molecular formula is C10H22N2. The van der Waals surface area contributed by atoms with Gasteiger partial charge in [0.25, 0.3) is 0 Å². The molecule has 0 spiro atoms. The van der Waals surface area contributed by atoms with Gasteiger partial charge in [-0.2, -0.15) is 0 Å². The second kappa shape index (κ2) is 4.24. The Bertz CT molecular complexity index is 124. The van der Waals surface area contributed by atoms with Crippen LogP contribution in [0.4, 0.5) is 0 Å². The van der Waals surface area contributed by atoms with Crippen molar-refractivity contribution in [3.8, 4) is 0 Å². The maximum Gasteiger partial charge on any atom is 0.0198 e. The van der Waals surface area contributed by atoms with Gasteiger partial charge in [0.2, 0.25) is 0 Å². The Morgan fingerprint density at radius 1 is 1.00 bits per heavy atom. The summed E-state index contributed by atoms with van der Waals surface area (Å²) in [6.07, 6.45) is 0. The van der Waals surface area contributed by atoms with Crippen molar-refractivity contribution in [1.82, 2.24) is 9.80 Å². The molecule has 1 aliphatic heterocycles. The first-order chi connectivity index (χ1) is 5.69. The van der Waals surface area contributed by atoms with Gasteiger partial charge < -0.3 is 4.90 Å². The molecule has 0 aromatic rings. The monoisotopic (exact) mass is 170 g/mol. The van der Waals surface area contributed by atoms with E-state index in [9.17, 15) is 0 Å². The number of hydrogen-bond donors (Lipinski definition) is 0. The molecule has 12 heavy (non-hydrogen) atoms. The van der Waals surface area contributed by atoms with Crippen LogP contribution in [0.2, 0.25) is 0 Å². The van der Waals surface area contributed by atoms with Crippen LogP contribution in [0, 0.1) is 0 Å². The van der Waals surface area contributed by atoms with Crippen LogP contribution in [0.15, 0.2) is 0 Å².